The third kappa shape index (κ3) is 4.64. The predicted molar refractivity (Wildman–Crippen MR) is 103 cm³/mol. The Morgan fingerprint density at radius 3 is 2.65 bits per heavy atom. The lowest BCUT2D eigenvalue weighted by molar-refractivity contribution is 0.0982. The van der Waals surface area contributed by atoms with Crippen LogP contribution in [0.2, 0.25) is 0 Å². The molecular formula is C20H23N3O2S. The third-order valence-corrected chi connectivity index (χ3v) is 4.93. The van der Waals surface area contributed by atoms with Crippen molar-refractivity contribution in [2.45, 2.75) is 38.4 Å². The summed E-state index contributed by atoms with van der Waals surface area (Å²) in [5.41, 5.74) is 0.778. The van der Waals surface area contributed by atoms with E-state index in [4.69, 9.17) is 4.42 Å². The Morgan fingerprint density at radius 1 is 1.15 bits per heavy atom. The highest BCUT2D eigenvalue weighted by atomic mass is 32.2. The number of furan rings is 1. The molecule has 6 heteroatoms. The zero-order chi connectivity index (χ0) is 18.4. The average molecular weight is 369 g/mol. The quantitative estimate of drug-likeness (QED) is 0.303. The van der Waals surface area contributed by atoms with Gasteiger partial charge < -0.3 is 4.42 Å². The van der Waals surface area contributed by atoms with E-state index >= 15 is 0 Å². The van der Waals surface area contributed by atoms with Crippen molar-refractivity contribution in [2.24, 2.45) is 5.92 Å². The zero-order valence-corrected chi connectivity index (χ0v) is 15.9. The van der Waals surface area contributed by atoms with Gasteiger partial charge in [0.15, 0.2) is 22.5 Å². The second-order valence-corrected chi connectivity index (χ2v) is 7.59. The van der Waals surface area contributed by atoms with Gasteiger partial charge in [-0.15, -0.1) is 10.2 Å². The number of hydrogen-bond acceptors (Lipinski definition) is 5. The van der Waals surface area contributed by atoms with Gasteiger partial charge in [-0.2, -0.15) is 0 Å². The van der Waals surface area contributed by atoms with Crippen LogP contribution in [0.4, 0.5) is 0 Å². The molecule has 0 fully saturated rings. The van der Waals surface area contributed by atoms with E-state index in [1.807, 2.05) is 42.5 Å². The molecule has 0 saturated carbocycles. The van der Waals surface area contributed by atoms with Crippen molar-refractivity contribution in [3.63, 3.8) is 0 Å². The minimum absolute atomic E-state index is 0.186. The largest absolute Gasteiger partial charge is 0.461 e. The van der Waals surface area contributed by atoms with E-state index in [0.29, 0.717) is 12.3 Å². The number of carbonyl (C=O) groups excluding carboxylic acids is 1. The summed E-state index contributed by atoms with van der Waals surface area (Å²) in [6.07, 6.45) is 3.00. The number of thioether (sulfide) groups is 1. The molecule has 0 bridgehead atoms. The van der Waals surface area contributed by atoms with Crippen LogP contribution in [0.25, 0.3) is 11.6 Å². The van der Waals surface area contributed by atoms with Crippen LogP contribution in [0.3, 0.4) is 0 Å². The Hall–Kier alpha value is -2.34. The molecule has 136 valence electrons. The maximum Gasteiger partial charge on any atom is 0.200 e. The lowest BCUT2D eigenvalue weighted by Gasteiger charge is -2.11. The summed E-state index contributed by atoms with van der Waals surface area (Å²) >= 11 is 1.64. The SMILES string of the molecule is CC(C)Cn1c(SCCCC(=O)c2ccccc2)nnc1-c1ccco1. The number of rotatable bonds is 9. The van der Waals surface area contributed by atoms with E-state index in [2.05, 4.69) is 28.6 Å². The molecule has 2 aromatic heterocycles. The van der Waals surface area contributed by atoms with Crippen molar-refractivity contribution in [2.75, 3.05) is 5.75 Å². The maximum absolute atomic E-state index is 12.2. The Bertz CT molecular complexity index is 826. The predicted octanol–water partition coefficient (Wildman–Crippen LogP) is 4.95. The Labute approximate surface area is 157 Å². The van der Waals surface area contributed by atoms with E-state index in [9.17, 15) is 4.79 Å². The lowest BCUT2D eigenvalue weighted by Crippen LogP contribution is -2.08. The van der Waals surface area contributed by atoms with Gasteiger partial charge in [0, 0.05) is 24.3 Å². The topological polar surface area (TPSA) is 60.9 Å². The van der Waals surface area contributed by atoms with Gasteiger partial charge in [-0.3, -0.25) is 9.36 Å². The summed E-state index contributed by atoms with van der Waals surface area (Å²) < 4.78 is 7.59. The molecule has 0 aliphatic carbocycles. The first kappa shape index (κ1) is 18.5. The first-order valence-electron chi connectivity index (χ1n) is 8.83. The summed E-state index contributed by atoms with van der Waals surface area (Å²) in [6, 6.07) is 13.2. The second-order valence-electron chi connectivity index (χ2n) is 6.53. The normalized spacial score (nSPS) is 11.2. The fourth-order valence-corrected chi connectivity index (χ4v) is 3.56. The number of aromatic nitrogens is 3. The molecule has 0 spiro atoms. The average Bonchev–Trinajstić information content (AvgIpc) is 3.29. The van der Waals surface area contributed by atoms with Crippen molar-refractivity contribution in [3.05, 3.63) is 54.3 Å². The molecule has 0 atom stereocenters. The van der Waals surface area contributed by atoms with E-state index in [0.717, 1.165) is 41.0 Å². The number of Topliss-reactive ketones (excluding diaryl/α,β-unsaturated/α-hetero) is 1. The Kier molecular flexibility index (Phi) is 6.28. The molecule has 0 aliphatic rings. The highest BCUT2D eigenvalue weighted by Gasteiger charge is 2.17. The van der Waals surface area contributed by atoms with Crippen LogP contribution in [0.15, 0.2) is 58.3 Å². The van der Waals surface area contributed by atoms with E-state index < -0.39 is 0 Å². The molecule has 3 rings (SSSR count). The van der Waals surface area contributed by atoms with E-state index in [1.54, 1.807) is 18.0 Å². The maximum atomic E-state index is 12.2. The summed E-state index contributed by atoms with van der Waals surface area (Å²) in [4.78, 5) is 12.2. The van der Waals surface area contributed by atoms with Gasteiger partial charge >= 0.3 is 0 Å². The monoisotopic (exact) mass is 369 g/mol. The highest BCUT2D eigenvalue weighted by molar-refractivity contribution is 7.99. The van der Waals surface area contributed by atoms with Gasteiger partial charge in [0.05, 0.1) is 6.26 Å². The molecule has 3 aromatic rings. The summed E-state index contributed by atoms with van der Waals surface area (Å²) in [6.45, 7) is 5.16. The van der Waals surface area contributed by atoms with Crippen LogP contribution in [0, 0.1) is 5.92 Å². The molecule has 0 aliphatic heterocycles. The number of benzene rings is 1. The first-order chi connectivity index (χ1) is 12.6. The van der Waals surface area contributed by atoms with Crippen LogP contribution in [0.5, 0.6) is 0 Å². The number of ketones is 1. The van der Waals surface area contributed by atoms with Crippen molar-refractivity contribution in [3.8, 4) is 11.6 Å². The molecule has 0 radical (unpaired) electrons. The minimum Gasteiger partial charge on any atom is -0.461 e. The zero-order valence-electron chi connectivity index (χ0n) is 15.1. The van der Waals surface area contributed by atoms with Crippen LogP contribution in [0.1, 0.15) is 37.0 Å². The van der Waals surface area contributed by atoms with Crippen LogP contribution < -0.4 is 0 Å². The van der Waals surface area contributed by atoms with Gasteiger partial charge in [0.25, 0.3) is 0 Å². The Morgan fingerprint density at radius 2 is 1.96 bits per heavy atom. The summed E-state index contributed by atoms with van der Waals surface area (Å²) in [5, 5.41) is 9.51. The molecule has 0 amide bonds. The number of hydrogen-bond donors (Lipinski definition) is 0. The van der Waals surface area contributed by atoms with E-state index in [-0.39, 0.29) is 5.78 Å². The van der Waals surface area contributed by atoms with Crippen LogP contribution in [-0.4, -0.2) is 26.3 Å². The number of carbonyl (C=O) groups is 1. The van der Waals surface area contributed by atoms with Crippen LogP contribution >= 0.6 is 11.8 Å². The summed E-state index contributed by atoms with van der Waals surface area (Å²) in [5.74, 6) is 2.97. The van der Waals surface area contributed by atoms with E-state index in [1.165, 1.54) is 0 Å². The van der Waals surface area contributed by atoms with Crippen molar-refractivity contribution in [1.29, 1.82) is 0 Å². The minimum atomic E-state index is 0.186. The smallest absolute Gasteiger partial charge is 0.200 e. The van der Waals surface area contributed by atoms with Gasteiger partial charge in [0.1, 0.15) is 0 Å². The van der Waals surface area contributed by atoms with Crippen molar-refractivity contribution < 1.29 is 9.21 Å². The molecule has 1 aromatic carbocycles. The standard InChI is InChI=1S/C20H23N3O2S/c1-15(2)14-23-19(18-11-6-12-25-18)21-22-20(23)26-13-7-10-17(24)16-8-4-3-5-9-16/h3-6,8-9,11-12,15H,7,10,13-14H2,1-2H3. The molecule has 26 heavy (non-hydrogen) atoms. The van der Waals surface area contributed by atoms with Gasteiger partial charge in [-0.1, -0.05) is 55.9 Å². The first-order valence-corrected chi connectivity index (χ1v) is 9.82. The third-order valence-electron chi connectivity index (χ3n) is 3.88. The second kappa shape index (κ2) is 8.85. The van der Waals surface area contributed by atoms with Gasteiger partial charge in [0.2, 0.25) is 0 Å². The lowest BCUT2D eigenvalue weighted by atomic mass is 10.1. The molecule has 2 heterocycles. The molecule has 0 N–H and O–H groups in total. The molecule has 5 nitrogen and oxygen atoms in total. The molecule has 0 saturated heterocycles. The fraction of sp³-hybridized carbons (Fsp3) is 0.350. The summed E-state index contributed by atoms with van der Waals surface area (Å²) in [7, 11) is 0. The fourth-order valence-electron chi connectivity index (χ4n) is 2.68. The molecular weight excluding hydrogens is 346 g/mol. The number of nitrogens with zero attached hydrogens (tertiary/aromatic N) is 3. The van der Waals surface area contributed by atoms with Crippen molar-refractivity contribution >= 4 is 17.5 Å². The van der Waals surface area contributed by atoms with Crippen molar-refractivity contribution in [1.82, 2.24) is 14.8 Å². The van der Waals surface area contributed by atoms with Gasteiger partial charge in [-0.05, 0) is 24.5 Å². The molecule has 0 unspecified atom stereocenters. The van der Waals surface area contributed by atoms with Crippen LogP contribution in [-0.2, 0) is 6.54 Å². The highest BCUT2D eigenvalue weighted by Crippen LogP contribution is 2.26. The van der Waals surface area contributed by atoms with Gasteiger partial charge in [-0.25, -0.2) is 0 Å². The Balaban J connectivity index is 1.60.